The van der Waals surface area contributed by atoms with Crippen LogP contribution in [0, 0.1) is 5.82 Å². The first-order valence-electron chi connectivity index (χ1n) is 8.76. The van der Waals surface area contributed by atoms with E-state index in [9.17, 15) is 4.39 Å². The Kier molecular flexibility index (Phi) is 3.41. The van der Waals surface area contributed by atoms with Gasteiger partial charge in [-0.1, -0.05) is 12.1 Å². The zero-order chi connectivity index (χ0) is 16.8. The zero-order valence-electron chi connectivity index (χ0n) is 13.8. The van der Waals surface area contributed by atoms with Gasteiger partial charge in [-0.2, -0.15) is 4.52 Å². The zero-order valence-corrected chi connectivity index (χ0v) is 13.8. The van der Waals surface area contributed by atoms with E-state index in [1.807, 2.05) is 12.1 Å². The van der Waals surface area contributed by atoms with Crippen LogP contribution in [0.2, 0.25) is 0 Å². The first kappa shape index (κ1) is 14.8. The van der Waals surface area contributed by atoms with Gasteiger partial charge in [0.05, 0.1) is 5.56 Å². The highest BCUT2D eigenvalue weighted by Crippen LogP contribution is 2.28. The van der Waals surface area contributed by atoms with Crippen LogP contribution in [-0.4, -0.2) is 56.9 Å². The summed E-state index contributed by atoms with van der Waals surface area (Å²) in [6.45, 7) is 4.08. The topological polar surface area (TPSA) is 49.6 Å². The molecule has 1 saturated carbocycles. The van der Waals surface area contributed by atoms with E-state index in [-0.39, 0.29) is 5.82 Å². The average Bonchev–Trinajstić information content (AvgIpc) is 3.42. The van der Waals surface area contributed by atoms with Crippen LogP contribution in [0.25, 0.3) is 17.0 Å². The van der Waals surface area contributed by atoms with Crippen LogP contribution >= 0.6 is 0 Å². The van der Waals surface area contributed by atoms with Crippen molar-refractivity contribution in [3.8, 4) is 11.4 Å². The summed E-state index contributed by atoms with van der Waals surface area (Å²) in [5, 5.41) is 13.0. The molecule has 2 aliphatic rings. The van der Waals surface area contributed by atoms with Crippen molar-refractivity contribution in [3.63, 3.8) is 0 Å². The number of anilines is 1. The van der Waals surface area contributed by atoms with Crippen LogP contribution in [0.15, 0.2) is 36.4 Å². The van der Waals surface area contributed by atoms with Crippen molar-refractivity contribution in [2.75, 3.05) is 31.1 Å². The summed E-state index contributed by atoms with van der Waals surface area (Å²) < 4.78 is 15.8. The van der Waals surface area contributed by atoms with Gasteiger partial charge in [0.1, 0.15) is 11.6 Å². The lowest BCUT2D eigenvalue weighted by molar-refractivity contribution is 0.247. The molecule has 3 aromatic rings. The van der Waals surface area contributed by atoms with E-state index in [0.29, 0.717) is 17.0 Å². The molecule has 128 valence electrons. The van der Waals surface area contributed by atoms with Gasteiger partial charge in [0.25, 0.3) is 0 Å². The number of hydrogen-bond acceptors (Lipinski definition) is 5. The average molecular weight is 338 g/mol. The van der Waals surface area contributed by atoms with Crippen molar-refractivity contribution < 1.29 is 4.39 Å². The van der Waals surface area contributed by atoms with Crippen LogP contribution in [0.5, 0.6) is 0 Å². The normalized spacial score (nSPS) is 18.8. The maximum Gasteiger partial charge on any atom is 0.188 e. The number of benzene rings is 1. The number of fused-ring (bicyclic) bond motifs is 1. The lowest BCUT2D eigenvalue weighted by atomic mass is 10.2. The van der Waals surface area contributed by atoms with Crippen LogP contribution in [0.3, 0.4) is 0 Å². The Labute approximate surface area is 144 Å². The Hall–Kier alpha value is -2.54. The summed E-state index contributed by atoms with van der Waals surface area (Å²) >= 11 is 0. The summed E-state index contributed by atoms with van der Waals surface area (Å²) in [7, 11) is 0. The van der Waals surface area contributed by atoms with Gasteiger partial charge in [0, 0.05) is 32.2 Å². The minimum atomic E-state index is -0.318. The quantitative estimate of drug-likeness (QED) is 0.733. The Morgan fingerprint density at radius 3 is 2.48 bits per heavy atom. The molecular formula is C18H19FN6. The van der Waals surface area contributed by atoms with Crippen molar-refractivity contribution in [3.05, 3.63) is 42.2 Å². The molecule has 0 amide bonds. The van der Waals surface area contributed by atoms with E-state index in [1.165, 1.54) is 18.9 Å². The predicted molar refractivity (Wildman–Crippen MR) is 93.0 cm³/mol. The molecule has 2 fully saturated rings. The second kappa shape index (κ2) is 5.77. The Bertz CT molecular complexity index is 911. The van der Waals surface area contributed by atoms with E-state index in [1.54, 1.807) is 22.7 Å². The highest BCUT2D eigenvalue weighted by atomic mass is 19.1. The van der Waals surface area contributed by atoms with Gasteiger partial charge in [0.15, 0.2) is 11.5 Å². The molecule has 3 heterocycles. The summed E-state index contributed by atoms with van der Waals surface area (Å²) in [6.07, 6.45) is 2.69. The molecule has 0 N–H and O–H groups in total. The van der Waals surface area contributed by atoms with Crippen LogP contribution in [0.1, 0.15) is 12.8 Å². The van der Waals surface area contributed by atoms with Crippen LogP contribution in [-0.2, 0) is 0 Å². The van der Waals surface area contributed by atoms with Crippen molar-refractivity contribution in [1.29, 1.82) is 0 Å². The van der Waals surface area contributed by atoms with Crippen molar-refractivity contribution in [1.82, 2.24) is 24.7 Å². The third-order valence-electron chi connectivity index (χ3n) is 5.07. The summed E-state index contributed by atoms with van der Waals surface area (Å²) in [5.74, 6) is 1.01. The molecule has 5 rings (SSSR count). The standard InChI is InChI=1S/C18H19FN6/c19-15-4-2-1-3-14(15)18-21-20-16-7-8-17(22-25(16)18)24-11-9-23(10-12-24)13-5-6-13/h1-4,7-8,13H,5-6,9-12H2. The van der Waals surface area contributed by atoms with Gasteiger partial charge in [-0.15, -0.1) is 15.3 Å². The van der Waals surface area contributed by atoms with Crippen LogP contribution in [0.4, 0.5) is 10.2 Å². The third-order valence-corrected chi connectivity index (χ3v) is 5.07. The second-order valence-corrected chi connectivity index (χ2v) is 6.72. The third kappa shape index (κ3) is 2.64. The van der Waals surface area contributed by atoms with Gasteiger partial charge < -0.3 is 4.90 Å². The maximum absolute atomic E-state index is 14.1. The minimum Gasteiger partial charge on any atom is -0.353 e. The number of aromatic nitrogens is 4. The number of hydrogen-bond donors (Lipinski definition) is 0. The molecule has 0 unspecified atom stereocenters. The number of halogens is 1. The monoisotopic (exact) mass is 338 g/mol. The molecule has 0 spiro atoms. The second-order valence-electron chi connectivity index (χ2n) is 6.72. The van der Waals surface area contributed by atoms with E-state index in [2.05, 4.69) is 20.0 Å². The van der Waals surface area contributed by atoms with Crippen molar-refractivity contribution in [2.24, 2.45) is 0 Å². The van der Waals surface area contributed by atoms with Crippen molar-refractivity contribution in [2.45, 2.75) is 18.9 Å². The highest BCUT2D eigenvalue weighted by Gasteiger charge is 2.31. The van der Waals surface area contributed by atoms with E-state index >= 15 is 0 Å². The molecule has 2 aromatic heterocycles. The van der Waals surface area contributed by atoms with Gasteiger partial charge in [-0.05, 0) is 37.1 Å². The fourth-order valence-electron chi connectivity index (χ4n) is 3.51. The summed E-state index contributed by atoms with van der Waals surface area (Å²) in [4.78, 5) is 4.85. The van der Waals surface area contributed by atoms with Gasteiger partial charge in [0.2, 0.25) is 0 Å². The fraction of sp³-hybridized carbons (Fsp3) is 0.389. The molecule has 0 radical (unpaired) electrons. The SMILES string of the molecule is Fc1ccccc1-c1nnc2ccc(N3CCN(C4CC4)CC3)nn12. The smallest absolute Gasteiger partial charge is 0.188 e. The Morgan fingerprint density at radius 1 is 0.920 bits per heavy atom. The first-order valence-corrected chi connectivity index (χ1v) is 8.76. The molecule has 1 aliphatic heterocycles. The molecule has 1 saturated heterocycles. The maximum atomic E-state index is 14.1. The molecule has 1 aliphatic carbocycles. The Morgan fingerprint density at radius 2 is 1.72 bits per heavy atom. The fourth-order valence-corrected chi connectivity index (χ4v) is 3.51. The summed E-state index contributed by atoms with van der Waals surface area (Å²) in [5.41, 5.74) is 1.04. The van der Waals surface area contributed by atoms with Crippen LogP contribution < -0.4 is 4.90 Å². The lowest BCUT2D eigenvalue weighted by Crippen LogP contribution is -2.47. The summed E-state index contributed by atoms with van der Waals surface area (Å²) in [6, 6.07) is 11.3. The number of nitrogens with zero attached hydrogens (tertiary/aromatic N) is 6. The number of piperazine rings is 1. The molecule has 0 atom stereocenters. The van der Waals surface area contributed by atoms with Gasteiger partial charge in [-0.25, -0.2) is 4.39 Å². The molecule has 25 heavy (non-hydrogen) atoms. The van der Waals surface area contributed by atoms with E-state index in [0.717, 1.165) is 38.0 Å². The highest BCUT2D eigenvalue weighted by molar-refractivity contribution is 5.60. The largest absolute Gasteiger partial charge is 0.353 e. The molecular weight excluding hydrogens is 319 g/mol. The molecule has 7 heteroatoms. The first-order chi connectivity index (χ1) is 12.3. The predicted octanol–water partition coefficient (Wildman–Crippen LogP) is 2.21. The van der Waals surface area contributed by atoms with E-state index < -0.39 is 0 Å². The lowest BCUT2D eigenvalue weighted by Gasteiger charge is -2.35. The van der Waals surface area contributed by atoms with E-state index in [4.69, 9.17) is 5.10 Å². The minimum absolute atomic E-state index is 0.318. The van der Waals surface area contributed by atoms with Gasteiger partial charge >= 0.3 is 0 Å². The molecule has 1 aromatic carbocycles. The molecule has 0 bridgehead atoms. The number of rotatable bonds is 3. The molecule has 6 nitrogen and oxygen atoms in total. The Balaban J connectivity index is 1.47. The van der Waals surface area contributed by atoms with Crippen molar-refractivity contribution >= 4 is 11.5 Å². The van der Waals surface area contributed by atoms with Gasteiger partial charge in [-0.3, -0.25) is 4.90 Å².